The number of nitrogens with zero attached hydrogens (tertiary/aromatic N) is 4. The van der Waals surface area contributed by atoms with Crippen LogP contribution in [-0.4, -0.2) is 84.7 Å². The summed E-state index contributed by atoms with van der Waals surface area (Å²) >= 11 is 0. The smallest absolute Gasteiger partial charge is 0.341 e. The van der Waals surface area contributed by atoms with Gasteiger partial charge in [-0.25, -0.2) is 19.2 Å². The van der Waals surface area contributed by atoms with Gasteiger partial charge in [0.05, 0.1) is 35.2 Å². The standard InChI is InChI=1S/2C12H8N2O6.CH4.Ni/c15-9-1-7(13-3-5(9)11(17)18)8-2-10(16)6(4-14-8)12(19)20;15-9-3-13-7(1-5(9)11(17)18)8-2-6(12(19)20)10(16)4-14-8;;/h1-4H,(H,13,15)(H,14,16)(H,17,18)(H,19,20);1-4,15-16H,(H,17,18)(H,19,20);1H4;. The van der Waals surface area contributed by atoms with Crippen LogP contribution < -0.4 is 0 Å². The molecule has 4 aromatic rings. The number of hydrogen-bond donors (Lipinski definition) is 8. The molecule has 0 saturated carbocycles. The van der Waals surface area contributed by atoms with Crippen molar-refractivity contribution in [2.75, 3.05) is 0 Å². The first kappa shape index (κ1) is 34.2. The van der Waals surface area contributed by atoms with Crippen molar-refractivity contribution < 1.29 is 76.5 Å². The van der Waals surface area contributed by atoms with E-state index in [0.29, 0.717) is 0 Å². The second-order valence-corrected chi connectivity index (χ2v) is 7.57. The molecule has 4 heterocycles. The predicted octanol–water partition coefficient (Wildman–Crippen LogP) is 2.54. The maximum atomic E-state index is 10.9. The van der Waals surface area contributed by atoms with Gasteiger partial charge in [-0.05, 0) is 12.1 Å². The molecule has 0 aromatic carbocycles. The van der Waals surface area contributed by atoms with Crippen molar-refractivity contribution in [1.82, 2.24) is 19.9 Å². The molecule has 0 unspecified atom stereocenters. The van der Waals surface area contributed by atoms with E-state index in [-0.39, 0.29) is 68.9 Å². The van der Waals surface area contributed by atoms with Crippen molar-refractivity contribution in [3.63, 3.8) is 0 Å². The molecule has 4 aromatic heterocycles. The minimum atomic E-state index is -1.36. The molecule has 8 N–H and O–H groups in total. The minimum Gasteiger partial charge on any atom is -0.507 e. The Morgan fingerprint density at radius 2 is 0.690 bits per heavy atom. The van der Waals surface area contributed by atoms with Gasteiger partial charge in [0, 0.05) is 41.0 Å². The SMILES string of the molecule is C.O=C(O)c1cc(-c2cc(C(=O)O)c(O)cn2)ncc1O.O=C(O)c1cnc(-c2cc(O)c(C(=O)O)cn2)cc1O.[Ni]. The van der Waals surface area contributed by atoms with E-state index < -0.39 is 46.9 Å². The maximum Gasteiger partial charge on any atom is 0.341 e. The summed E-state index contributed by atoms with van der Waals surface area (Å²) in [6, 6.07) is 4.24. The molecule has 0 fully saturated rings. The normalized spacial score (nSPS) is 9.71. The molecular formula is C25H20N4NiO12. The van der Waals surface area contributed by atoms with Gasteiger partial charge in [0.2, 0.25) is 0 Å². The average molecular weight is 627 g/mol. The van der Waals surface area contributed by atoms with Crippen molar-refractivity contribution >= 4 is 23.9 Å². The zero-order chi connectivity index (χ0) is 29.7. The van der Waals surface area contributed by atoms with Crippen LogP contribution >= 0.6 is 0 Å². The van der Waals surface area contributed by atoms with Crippen molar-refractivity contribution in [3.8, 4) is 45.8 Å². The Kier molecular flexibility index (Phi) is 11.4. The van der Waals surface area contributed by atoms with E-state index >= 15 is 0 Å². The van der Waals surface area contributed by atoms with Crippen molar-refractivity contribution in [3.05, 3.63) is 71.3 Å². The van der Waals surface area contributed by atoms with Gasteiger partial charge in [0.15, 0.2) is 0 Å². The second-order valence-electron chi connectivity index (χ2n) is 7.57. The number of aromatic nitrogens is 4. The Morgan fingerprint density at radius 1 is 0.429 bits per heavy atom. The third kappa shape index (κ3) is 7.64. The molecule has 16 nitrogen and oxygen atoms in total. The Bertz CT molecular complexity index is 1560. The molecule has 17 heteroatoms. The predicted molar refractivity (Wildman–Crippen MR) is 136 cm³/mol. The molecule has 0 saturated heterocycles. The fourth-order valence-corrected chi connectivity index (χ4v) is 3.02. The van der Waals surface area contributed by atoms with E-state index in [1.54, 1.807) is 0 Å². The molecule has 0 radical (unpaired) electrons. The van der Waals surface area contributed by atoms with Crippen LogP contribution in [0.15, 0.2) is 49.1 Å². The Morgan fingerprint density at radius 3 is 0.952 bits per heavy atom. The van der Waals surface area contributed by atoms with Crippen LogP contribution in [0.25, 0.3) is 22.8 Å². The third-order valence-electron chi connectivity index (χ3n) is 4.98. The molecule has 4 rings (SSSR count). The quantitative estimate of drug-likeness (QED) is 0.143. The first-order valence-electron chi connectivity index (χ1n) is 10.5. The van der Waals surface area contributed by atoms with Crippen LogP contribution in [-0.2, 0) is 16.5 Å². The summed E-state index contributed by atoms with van der Waals surface area (Å²) in [4.78, 5) is 58.3. The molecule has 0 atom stereocenters. The van der Waals surface area contributed by atoms with E-state index in [0.717, 1.165) is 49.1 Å². The zero-order valence-electron chi connectivity index (χ0n) is 19.9. The molecule has 0 amide bonds. The van der Waals surface area contributed by atoms with Gasteiger partial charge in [-0.2, -0.15) is 0 Å². The summed E-state index contributed by atoms with van der Waals surface area (Å²) < 4.78 is 0. The maximum absolute atomic E-state index is 10.9. The van der Waals surface area contributed by atoms with Crippen LogP contribution in [0.1, 0.15) is 48.9 Å². The first-order valence-corrected chi connectivity index (χ1v) is 10.5. The number of hydrogen-bond acceptors (Lipinski definition) is 12. The zero-order valence-corrected chi connectivity index (χ0v) is 20.9. The number of rotatable bonds is 6. The summed E-state index contributed by atoms with van der Waals surface area (Å²) in [5.41, 5.74) is -1.21. The molecule has 0 aliphatic rings. The molecular weight excluding hydrogens is 607 g/mol. The first-order chi connectivity index (χ1) is 18.8. The van der Waals surface area contributed by atoms with Crippen LogP contribution in [0.5, 0.6) is 23.0 Å². The number of aromatic hydroxyl groups is 4. The molecule has 0 aliphatic carbocycles. The Labute approximate surface area is 244 Å². The van der Waals surface area contributed by atoms with Gasteiger partial charge >= 0.3 is 23.9 Å². The number of aromatic carboxylic acids is 4. The summed E-state index contributed by atoms with van der Waals surface area (Å²) in [5.74, 6) is -7.43. The van der Waals surface area contributed by atoms with E-state index in [4.69, 9.17) is 20.4 Å². The number of pyridine rings is 4. The summed E-state index contributed by atoms with van der Waals surface area (Å²) in [5, 5.41) is 73.0. The van der Waals surface area contributed by atoms with E-state index in [9.17, 15) is 39.6 Å². The van der Waals surface area contributed by atoms with Gasteiger partial charge in [0.25, 0.3) is 0 Å². The van der Waals surface area contributed by atoms with E-state index in [1.165, 1.54) is 0 Å². The number of carboxylic acids is 4. The van der Waals surface area contributed by atoms with E-state index in [1.807, 2.05) is 0 Å². The number of carbonyl (C=O) groups is 4. The van der Waals surface area contributed by atoms with Crippen LogP contribution in [0, 0.1) is 0 Å². The molecule has 0 aliphatic heterocycles. The van der Waals surface area contributed by atoms with Crippen molar-refractivity contribution in [1.29, 1.82) is 0 Å². The van der Waals surface area contributed by atoms with Crippen molar-refractivity contribution in [2.45, 2.75) is 7.43 Å². The number of carboxylic acid groups (broad SMARTS) is 4. The van der Waals surface area contributed by atoms with Gasteiger partial charge in [-0.1, -0.05) is 7.43 Å². The summed E-state index contributed by atoms with van der Waals surface area (Å²) in [6.45, 7) is 0. The summed E-state index contributed by atoms with van der Waals surface area (Å²) in [7, 11) is 0. The average Bonchev–Trinajstić information content (AvgIpc) is 2.88. The molecule has 42 heavy (non-hydrogen) atoms. The third-order valence-corrected chi connectivity index (χ3v) is 4.98. The molecule has 0 bridgehead atoms. The van der Waals surface area contributed by atoms with Crippen LogP contribution in [0.4, 0.5) is 0 Å². The monoisotopic (exact) mass is 626 g/mol. The topological polar surface area (TPSA) is 282 Å². The second kappa shape index (κ2) is 14.0. The fraction of sp³-hybridized carbons (Fsp3) is 0.0400. The van der Waals surface area contributed by atoms with Gasteiger partial charge in [0.1, 0.15) is 45.3 Å². The molecule has 0 spiro atoms. The van der Waals surface area contributed by atoms with Crippen molar-refractivity contribution in [2.24, 2.45) is 0 Å². The van der Waals surface area contributed by atoms with Gasteiger partial charge in [-0.3, -0.25) is 19.9 Å². The van der Waals surface area contributed by atoms with Crippen LogP contribution in [0.2, 0.25) is 0 Å². The molecule has 222 valence electrons. The minimum absolute atomic E-state index is 0. The Balaban J connectivity index is 0.000000401. The van der Waals surface area contributed by atoms with Gasteiger partial charge in [-0.15, -0.1) is 0 Å². The fourth-order valence-electron chi connectivity index (χ4n) is 3.02. The summed E-state index contributed by atoms with van der Waals surface area (Å²) in [6.07, 6.45) is 3.73. The largest absolute Gasteiger partial charge is 0.507 e. The van der Waals surface area contributed by atoms with E-state index in [2.05, 4.69) is 19.9 Å². The Hall–Kier alpha value is -5.83. The van der Waals surface area contributed by atoms with Gasteiger partial charge < -0.3 is 40.9 Å². The van der Waals surface area contributed by atoms with Crippen LogP contribution in [0.3, 0.4) is 0 Å².